The summed E-state index contributed by atoms with van der Waals surface area (Å²) in [5.74, 6) is 0.966. The van der Waals surface area contributed by atoms with Gasteiger partial charge in [0, 0.05) is 70.4 Å². The molecule has 2 saturated heterocycles. The summed E-state index contributed by atoms with van der Waals surface area (Å²) in [7, 11) is 3.22. The summed E-state index contributed by atoms with van der Waals surface area (Å²) < 4.78 is 27.6. The summed E-state index contributed by atoms with van der Waals surface area (Å²) in [6.07, 6.45) is 1.99. The maximum absolute atomic E-state index is 13.5. The molecule has 3 atom stereocenters. The minimum Gasteiger partial charge on any atom is -0.493 e. The van der Waals surface area contributed by atoms with Gasteiger partial charge in [0.2, 0.25) is 0 Å². The molecule has 2 aliphatic rings. The standard InChI is InChI=1S/C26H41N3O7/c1-18(2)29(25(30)19-8-9-22(33-4)23(13-19)35-12-6-10-32-3)17-20-14-27-16-24(20)36-26(31)28-15-21-7-5-11-34-21/h8-9,13,18,20-21,24,27H,5-7,10-12,14-17H2,1-4H3,(H,28,31)/t20-,21+,24-/m1/s1. The van der Waals surface area contributed by atoms with Gasteiger partial charge in [-0.2, -0.15) is 0 Å². The van der Waals surface area contributed by atoms with Gasteiger partial charge in [-0.3, -0.25) is 4.79 Å². The van der Waals surface area contributed by atoms with Crippen LogP contribution in [0.1, 0.15) is 43.5 Å². The monoisotopic (exact) mass is 507 g/mol. The molecule has 2 amide bonds. The molecule has 36 heavy (non-hydrogen) atoms. The maximum atomic E-state index is 13.5. The summed E-state index contributed by atoms with van der Waals surface area (Å²) in [6.45, 7) is 7.88. The number of nitrogens with zero attached hydrogens (tertiary/aromatic N) is 1. The highest BCUT2D eigenvalue weighted by atomic mass is 16.6. The molecule has 10 heteroatoms. The van der Waals surface area contributed by atoms with E-state index in [-0.39, 0.29) is 30.1 Å². The number of hydrogen-bond acceptors (Lipinski definition) is 8. The number of ether oxygens (including phenoxy) is 5. The van der Waals surface area contributed by atoms with Crippen LogP contribution in [0.15, 0.2) is 18.2 Å². The highest BCUT2D eigenvalue weighted by Gasteiger charge is 2.34. The van der Waals surface area contributed by atoms with Crippen molar-refractivity contribution in [3.05, 3.63) is 23.8 Å². The molecule has 0 radical (unpaired) electrons. The highest BCUT2D eigenvalue weighted by molar-refractivity contribution is 5.95. The molecule has 0 unspecified atom stereocenters. The zero-order valence-electron chi connectivity index (χ0n) is 21.9. The van der Waals surface area contributed by atoms with E-state index in [1.54, 1.807) is 32.4 Å². The second kappa shape index (κ2) is 14.2. The van der Waals surface area contributed by atoms with Gasteiger partial charge in [-0.15, -0.1) is 0 Å². The lowest BCUT2D eigenvalue weighted by atomic mass is 10.0. The third-order valence-corrected chi connectivity index (χ3v) is 6.51. The predicted molar refractivity (Wildman–Crippen MR) is 135 cm³/mol. The van der Waals surface area contributed by atoms with Crippen LogP contribution in [-0.2, 0) is 14.2 Å². The van der Waals surface area contributed by atoms with Crippen molar-refractivity contribution in [3.8, 4) is 11.5 Å². The molecule has 0 bridgehead atoms. The smallest absolute Gasteiger partial charge is 0.407 e. The Balaban J connectivity index is 1.61. The van der Waals surface area contributed by atoms with Crippen molar-refractivity contribution in [1.29, 1.82) is 0 Å². The SMILES string of the molecule is COCCCOc1cc(C(=O)N(C[C@H]2CNC[C@H]2OC(=O)NC[C@@H]2CCCO2)C(C)C)ccc1OC. The van der Waals surface area contributed by atoms with Gasteiger partial charge in [0.15, 0.2) is 11.5 Å². The summed E-state index contributed by atoms with van der Waals surface area (Å²) in [5, 5.41) is 6.10. The Morgan fingerprint density at radius 3 is 2.72 bits per heavy atom. The van der Waals surface area contributed by atoms with Gasteiger partial charge < -0.3 is 39.2 Å². The van der Waals surface area contributed by atoms with Gasteiger partial charge in [0.1, 0.15) is 6.10 Å². The molecule has 202 valence electrons. The number of carbonyl (C=O) groups excluding carboxylic acids is 2. The van der Waals surface area contributed by atoms with Crippen LogP contribution < -0.4 is 20.1 Å². The third-order valence-electron chi connectivity index (χ3n) is 6.51. The summed E-state index contributed by atoms with van der Waals surface area (Å²) >= 11 is 0. The molecule has 0 spiro atoms. The van der Waals surface area contributed by atoms with Crippen LogP contribution in [0.4, 0.5) is 4.79 Å². The van der Waals surface area contributed by atoms with Gasteiger partial charge >= 0.3 is 6.09 Å². The van der Waals surface area contributed by atoms with Crippen LogP contribution >= 0.6 is 0 Å². The number of benzene rings is 1. The molecule has 2 aliphatic heterocycles. The lowest BCUT2D eigenvalue weighted by molar-refractivity contribution is 0.0500. The molecule has 0 aliphatic carbocycles. The average Bonchev–Trinajstić information content (AvgIpc) is 3.55. The zero-order chi connectivity index (χ0) is 25.9. The Morgan fingerprint density at radius 1 is 1.19 bits per heavy atom. The van der Waals surface area contributed by atoms with E-state index in [0.29, 0.717) is 56.5 Å². The van der Waals surface area contributed by atoms with E-state index in [1.165, 1.54) is 0 Å². The lowest BCUT2D eigenvalue weighted by Crippen LogP contribution is -2.44. The van der Waals surface area contributed by atoms with Crippen LogP contribution in [0.3, 0.4) is 0 Å². The Hall–Kier alpha value is -2.56. The molecule has 0 saturated carbocycles. The fourth-order valence-corrected chi connectivity index (χ4v) is 4.47. The van der Waals surface area contributed by atoms with E-state index in [4.69, 9.17) is 23.7 Å². The number of methoxy groups -OCH3 is 2. The minimum atomic E-state index is -0.447. The Labute approximate surface area is 213 Å². The van der Waals surface area contributed by atoms with Crippen LogP contribution in [0, 0.1) is 5.92 Å². The number of rotatable bonds is 13. The van der Waals surface area contributed by atoms with Crippen LogP contribution in [0.25, 0.3) is 0 Å². The number of amides is 2. The first-order chi connectivity index (χ1) is 17.4. The van der Waals surface area contributed by atoms with Gasteiger partial charge in [-0.1, -0.05) is 0 Å². The van der Waals surface area contributed by atoms with Crippen molar-refractivity contribution in [1.82, 2.24) is 15.5 Å². The maximum Gasteiger partial charge on any atom is 0.407 e. The first kappa shape index (κ1) is 28.0. The molecule has 10 nitrogen and oxygen atoms in total. The second-order valence-electron chi connectivity index (χ2n) is 9.49. The van der Waals surface area contributed by atoms with Crippen molar-refractivity contribution in [3.63, 3.8) is 0 Å². The van der Waals surface area contributed by atoms with E-state index >= 15 is 0 Å². The summed E-state index contributed by atoms with van der Waals surface area (Å²) in [6, 6.07) is 5.18. The van der Waals surface area contributed by atoms with Crippen molar-refractivity contribution in [2.45, 2.75) is 51.4 Å². The van der Waals surface area contributed by atoms with Gasteiger partial charge in [-0.05, 0) is 44.9 Å². The van der Waals surface area contributed by atoms with E-state index in [9.17, 15) is 9.59 Å². The van der Waals surface area contributed by atoms with Crippen LogP contribution in [0.2, 0.25) is 0 Å². The molecule has 2 N–H and O–H groups in total. The Bertz CT molecular complexity index is 845. The molecule has 1 aromatic carbocycles. The quantitative estimate of drug-likeness (QED) is 0.392. The summed E-state index contributed by atoms with van der Waals surface area (Å²) in [4.78, 5) is 27.7. The van der Waals surface area contributed by atoms with Crippen LogP contribution in [-0.4, -0.2) is 95.4 Å². The topological polar surface area (TPSA) is 108 Å². The van der Waals surface area contributed by atoms with Crippen LogP contribution in [0.5, 0.6) is 11.5 Å². The Morgan fingerprint density at radius 2 is 2.03 bits per heavy atom. The second-order valence-corrected chi connectivity index (χ2v) is 9.49. The number of carbonyl (C=O) groups is 2. The lowest BCUT2D eigenvalue weighted by Gasteiger charge is -2.31. The molecular formula is C26H41N3O7. The predicted octanol–water partition coefficient (Wildman–Crippen LogP) is 2.45. The van der Waals surface area contributed by atoms with E-state index < -0.39 is 6.09 Å². The average molecular weight is 508 g/mol. The van der Waals surface area contributed by atoms with Crippen molar-refractivity contribution in [2.75, 3.05) is 60.2 Å². The van der Waals surface area contributed by atoms with Crippen molar-refractivity contribution < 1.29 is 33.3 Å². The normalized spacial score (nSPS) is 21.4. The first-order valence-electron chi connectivity index (χ1n) is 12.8. The Kier molecular flexibility index (Phi) is 11.1. The minimum absolute atomic E-state index is 0.0205. The third kappa shape index (κ3) is 7.97. The van der Waals surface area contributed by atoms with Gasteiger partial charge in [0.25, 0.3) is 5.91 Å². The molecule has 1 aromatic rings. The molecular weight excluding hydrogens is 466 g/mol. The zero-order valence-corrected chi connectivity index (χ0v) is 21.9. The fourth-order valence-electron chi connectivity index (χ4n) is 4.47. The summed E-state index contributed by atoms with van der Waals surface area (Å²) in [5.41, 5.74) is 0.518. The van der Waals surface area contributed by atoms with Gasteiger partial charge in [-0.25, -0.2) is 4.79 Å². The number of alkyl carbamates (subject to hydrolysis) is 1. The van der Waals surface area contributed by atoms with E-state index in [1.807, 2.05) is 18.7 Å². The molecule has 2 heterocycles. The van der Waals surface area contributed by atoms with E-state index in [2.05, 4.69) is 10.6 Å². The fraction of sp³-hybridized carbons (Fsp3) is 0.692. The first-order valence-corrected chi connectivity index (χ1v) is 12.8. The molecule has 3 rings (SSSR count). The number of hydrogen-bond donors (Lipinski definition) is 2. The number of nitrogens with one attached hydrogen (secondary N) is 2. The molecule has 0 aromatic heterocycles. The van der Waals surface area contributed by atoms with Crippen molar-refractivity contribution >= 4 is 12.0 Å². The highest BCUT2D eigenvalue weighted by Crippen LogP contribution is 2.29. The van der Waals surface area contributed by atoms with Gasteiger partial charge in [0.05, 0.1) is 19.8 Å². The van der Waals surface area contributed by atoms with Crippen molar-refractivity contribution in [2.24, 2.45) is 5.92 Å². The molecule has 2 fully saturated rings. The van der Waals surface area contributed by atoms with E-state index in [0.717, 1.165) is 25.9 Å². The largest absolute Gasteiger partial charge is 0.493 e.